The molecule has 4 nitrogen and oxygen atoms in total. The summed E-state index contributed by atoms with van der Waals surface area (Å²) in [6, 6.07) is 16.5. The first-order valence-corrected chi connectivity index (χ1v) is 7.81. The lowest BCUT2D eigenvalue weighted by Crippen LogP contribution is -2.40. The van der Waals surface area contributed by atoms with Crippen LogP contribution in [0.25, 0.3) is 0 Å². The summed E-state index contributed by atoms with van der Waals surface area (Å²) in [6.07, 6.45) is 0. The summed E-state index contributed by atoms with van der Waals surface area (Å²) in [6.45, 7) is 2.41. The highest BCUT2D eigenvalue weighted by molar-refractivity contribution is 9.10. The minimum atomic E-state index is -0.273. The molecule has 0 atom stereocenters. The van der Waals surface area contributed by atoms with Gasteiger partial charge in [0, 0.05) is 16.7 Å². The first kappa shape index (κ1) is 16.2. The maximum atomic E-state index is 12.3. The Morgan fingerprint density at radius 1 is 1.05 bits per heavy atom. The van der Waals surface area contributed by atoms with Crippen LogP contribution >= 0.6 is 15.9 Å². The Morgan fingerprint density at radius 2 is 1.68 bits per heavy atom. The van der Waals surface area contributed by atoms with Crippen LogP contribution in [0, 0.1) is 0 Å². The van der Waals surface area contributed by atoms with E-state index in [-0.39, 0.29) is 18.4 Å². The molecule has 2 amide bonds. The molecule has 114 valence electrons. The van der Waals surface area contributed by atoms with E-state index in [9.17, 15) is 9.59 Å². The lowest BCUT2D eigenvalue weighted by molar-refractivity contribution is -0.117. The van der Waals surface area contributed by atoms with Crippen molar-refractivity contribution in [2.75, 3.05) is 18.0 Å². The molecule has 0 saturated heterocycles. The molecule has 0 aromatic heterocycles. The fourth-order valence-electron chi connectivity index (χ4n) is 2.10. The summed E-state index contributed by atoms with van der Waals surface area (Å²) in [5, 5.41) is 2.66. The maximum absolute atomic E-state index is 12.3. The predicted octanol–water partition coefficient (Wildman–Crippen LogP) is 3.23. The second kappa shape index (κ2) is 7.75. The second-order valence-corrected chi connectivity index (χ2v) is 5.49. The summed E-state index contributed by atoms with van der Waals surface area (Å²) >= 11 is 3.33. The normalized spacial score (nSPS) is 10.1. The smallest absolute Gasteiger partial charge is 0.252 e. The number of nitrogens with one attached hydrogen (secondary N) is 1. The first-order valence-electron chi connectivity index (χ1n) is 7.01. The Labute approximate surface area is 138 Å². The molecule has 0 aliphatic carbocycles. The Hall–Kier alpha value is -2.14. The average molecular weight is 361 g/mol. The van der Waals surface area contributed by atoms with Crippen LogP contribution < -0.4 is 10.2 Å². The van der Waals surface area contributed by atoms with Crippen molar-refractivity contribution in [2.24, 2.45) is 0 Å². The van der Waals surface area contributed by atoms with Crippen molar-refractivity contribution in [3.63, 3.8) is 0 Å². The van der Waals surface area contributed by atoms with E-state index in [0.29, 0.717) is 16.6 Å². The molecule has 0 aliphatic rings. The van der Waals surface area contributed by atoms with Crippen molar-refractivity contribution >= 4 is 33.4 Å². The third kappa shape index (κ3) is 3.95. The molecule has 0 aliphatic heterocycles. The molecular weight excluding hydrogens is 344 g/mol. The standard InChI is InChI=1S/C17H17BrN2O2/c1-2-20(13-8-4-3-5-9-13)16(21)12-19-17(22)14-10-6-7-11-15(14)18/h3-11H,2,12H2,1H3,(H,19,22). The van der Waals surface area contributed by atoms with Gasteiger partial charge in [-0.2, -0.15) is 0 Å². The number of nitrogens with zero attached hydrogens (tertiary/aromatic N) is 1. The number of hydrogen-bond donors (Lipinski definition) is 1. The van der Waals surface area contributed by atoms with Gasteiger partial charge in [0.25, 0.3) is 5.91 Å². The quantitative estimate of drug-likeness (QED) is 0.889. The van der Waals surface area contributed by atoms with Crippen molar-refractivity contribution in [3.05, 3.63) is 64.6 Å². The van der Waals surface area contributed by atoms with Gasteiger partial charge in [0.15, 0.2) is 0 Å². The van der Waals surface area contributed by atoms with Crippen LogP contribution in [0.1, 0.15) is 17.3 Å². The minimum Gasteiger partial charge on any atom is -0.343 e. The number of amides is 2. The predicted molar refractivity (Wildman–Crippen MR) is 90.9 cm³/mol. The van der Waals surface area contributed by atoms with Crippen molar-refractivity contribution in [1.82, 2.24) is 5.32 Å². The molecular formula is C17H17BrN2O2. The summed E-state index contributed by atoms with van der Waals surface area (Å²) in [7, 11) is 0. The topological polar surface area (TPSA) is 49.4 Å². The van der Waals surface area contributed by atoms with E-state index in [4.69, 9.17) is 0 Å². The number of carbonyl (C=O) groups excluding carboxylic acids is 2. The molecule has 0 unspecified atom stereocenters. The van der Waals surface area contributed by atoms with Gasteiger partial charge in [-0.25, -0.2) is 0 Å². The third-order valence-corrected chi connectivity index (χ3v) is 3.90. The average Bonchev–Trinajstić information content (AvgIpc) is 2.55. The highest BCUT2D eigenvalue weighted by Gasteiger charge is 2.16. The van der Waals surface area contributed by atoms with Crippen molar-refractivity contribution in [2.45, 2.75) is 6.92 Å². The van der Waals surface area contributed by atoms with E-state index in [0.717, 1.165) is 5.69 Å². The Kier molecular flexibility index (Phi) is 5.72. The molecule has 2 aromatic carbocycles. The zero-order valence-corrected chi connectivity index (χ0v) is 13.8. The van der Waals surface area contributed by atoms with Crippen LogP contribution in [-0.4, -0.2) is 24.9 Å². The van der Waals surface area contributed by atoms with Gasteiger partial charge in [-0.1, -0.05) is 30.3 Å². The molecule has 2 aromatic rings. The van der Waals surface area contributed by atoms with Gasteiger partial charge in [0.2, 0.25) is 5.91 Å². The van der Waals surface area contributed by atoms with Gasteiger partial charge < -0.3 is 10.2 Å². The van der Waals surface area contributed by atoms with Crippen LogP contribution in [0.4, 0.5) is 5.69 Å². The van der Waals surface area contributed by atoms with Crippen molar-refractivity contribution in [1.29, 1.82) is 0 Å². The van der Waals surface area contributed by atoms with Crippen molar-refractivity contribution < 1.29 is 9.59 Å². The molecule has 0 heterocycles. The van der Waals surface area contributed by atoms with E-state index < -0.39 is 0 Å². The van der Waals surface area contributed by atoms with Gasteiger partial charge in [-0.05, 0) is 47.1 Å². The monoisotopic (exact) mass is 360 g/mol. The summed E-state index contributed by atoms with van der Waals surface area (Å²) < 4.78 is 0.704. The molecule has 5 heteroatoms. The van der Waals surface area contributed by atoms with Gasteiger partial charge >= 0.3 is 0 Å². The van der Waals surface area contributed by atoms with Gasteiger partial charge in [0.05, 0.1) is 12.1 Å². The van der Waals surface area contributed by atoms with E-state index in [2.05, 4.69) is 21.2 Å². The molecule has 0 bridgehead atoms. The van der Waals surface area contributed by atoms with Gasteiger partial charge in [-0.3, -0.25) is 9.59 Å². The molecule has 0 radical (unpaired) electrons. The molecule has 0 fully saturated rings. The number of carbonyl (C=O) groups is 2. The number of likely N-dealkylation sites (N-methyl/N-ethyl adjacent to an activating group) is 1. The number of para-hydroxylation sites is 1. The Bertz CT molecular complexity index is 659. The molecule has 2 rings (SSSR count). The lowest BCUT2D eigenvalue weighted by atomic mass is 10.2. The van der Waals surface area contributed by atoms with Crippen LogP contribution in [0.5, 0.6) is 0 Å². The maximum Gasteiger partial charge on any atom is 0.252 e. The second-order valence-electron chi connectivity index (χ2n) is 4.64. The molecule has 0 saturated carbocycles. The van der Waals surface area contributed by atoms with Gasteiger partial charge in [0.1, 0.15) is 0 Å². The largest absolute Gasteiger partial charge is 0.343 e. The van der Waals surface area contributed by atoms with Crippen LogP contribution in [0.3, 0.4) is 0 Å². The SMILES string of the molecule is CCN(C(=O)CNC(=O)c1ccccc1Br)c1ccccc1. The fraction of sp³-hybridized carbons (Fsp3) is 0.176. The summed E-state index contributed by atoms with van der Waals surface area (Å²) in [5.41, 5.74) is 1.34. The number of benzene rings is 2. The third-order valence-electron chi connectivity index (χ3n) is 3.20. The van der Waals surface area contributed by atoms with E-state index in [1.165, 1.54) is 0 Å². The molecule has 1 N–H and O–H groups in total. The number of halogens is 1. The van der Waals surface area contributed by atoms with Crippen molar-refractivity contribution in [3.8, 4) is 0 Å². The van der Waals surface area contributed by atoms with E-state index in [1.807, 2.05) is 43.3 Å². The van der Waals surface area contributed by atoms with E-state index in [1.54, 1.807) is 23.1 Å². The molecule has 0 spiro atoms. The Balaban J connectivity index is 2.00. The van der Waals surface area contributed by atoms with Crippen LogP contribution in [-0.2, 0) is 4.79 Å². The summed E-state index contributed by atoms with van der Waals surface area (Å²) in [5.74, 6) is -0.418. The first-order chi connectivity index (χ1) is 10.6. The lowest BCUT2D eigenvalue weighted by Gasteiger charge is -2.21. The molecule has 22 heavy (non-hydrogen) atoms. The Morgan fingerprint density at radius 3 is 2.32 bits per heavy atom. The zero-order valence-electron chi connectivity index (χ0n) is 12.3. The van der Waals surface area contributed by atoms with Gasteiger partial charge in [-0.15, -0.1) is 0 Å². The fourth-order valence-corrected chi connectivity index (χ4v) is 2.57. The number of anilines is 1. The zero-order chi connectivity index (χ0) is 15.9. The van der Waals surface area contributed by atoms with Crippen LogP contribution in [0.2, 0.25) is 0 Å². The van der Waals surface area contributed by atoms with E-state index >= 15 is 0 Å². The highest BCUT2D eigenvalue weighted by atomic mass is 79.9. The summed E-state index contributed by atoms with van der Waals surface area (Å²) in [4.78, 5) is 26.0. The highest BCUT2D eigenvalue weighted by Crippen LogP contribution is 2.16. The minimum absolute atomic E-state index is 0.0388. The number of hydrogen-bond acceptors (Lipinski definition) is 2. The van der Waals surface area contributed by atoms with Crippen LogP contribution in [0.15, 0.2) is 59.1 Å². The number of rotatable bonds is 5.